The van der Waals surface area contributed by atoms with E-state index in [-0.39, 0.29) is 0 Å². The normalized spacial score (nSPS) is 11.6. The van der Waals surface area contributed by atoms with E-state index in [9.17, 15) is 13.2 Å². The summed E-state index contributed by atoms with van der Waals surface area (Å²) in [4.78, 5) is 14.3. The standard InChI is InChI=1S/C22H26F3N5S/c1-15-19(31-20(29-15)16-7-9-17(10-8-16)22(23,24)25)18-11-14-28-21(30-18)27-13-6-4-2-3-5-12-26/h7-11,14H,2-6,12-13,26H2,1H3,(H,27,28,30). The van der Waals surface area contributed by atoms with Crippen molar-refractivity contribution in [1.29, 1.82) is 0 Å². The van der Waals surface area contributed by atoms with Crippen LogP contribution in [0, 0.1) is 6.92 Å². The van der Waals surface area contributed by atoms with E-state index in [1.807, 2.05) is 13.0 Å². The molecule has 0 aliphatic rings. The maximum Gasteiger partial charge on any atom is 0.416 e. The Morgan fingerprint density at radius 3 is 2.39 bits per heavy atom. The van der Waals surface area contributed by atoms with Gasteiger partial charge in [0.1, 0.15) is 5.01 Å². The Morgan fingerprint density at radius 2 is 1.68 bits per heavy atom. The van der Waals surface area contributed by atoms with Crippen molar-refractivity contribution in [1.82, 2.24) is 15.0 Å². The number of rotatable bonds is 10. The van der Waals surface area contributed by atoms with Gasteiger partial charge in [0.2, 0.25) is 5.95 Å². The van der Waals surface area contributed by atoms with E-state index < -0.39 is 11.7 Å². The lowest BCUT2D eigenvalue weighted by molar-refractivity contribution is -0.137. The van der Waals surface area contributed by atoms with Crippen LogP contribution < -0.4 is 11.1 Å². The van der Waals surface area contributed by atoms with Gasteiger partial charge < -0.3 is 11.1 Å². The van der Waals surface area contributed by atoms with Gasteiger partial charge in [-0.15, -0.1) is 11.3 Å². The maximum absolute atomic E-state index is 12.8. The molecule has 0 fully saturated rings. The molecule has 0 aliphatic carbocycles. The van der Waals surface area contributed by atoms with E-state index in [2.05, 4.69) is 20.3 Å². The minimum Gasteiger partial charge on any atom is -0.354 e. The number of benzene rings is 1. The second-order valence-electron chi connectivity index (χ2n) is 7.26. The van der Waals surface area contributed by atoms with Crippen molar-refractivity contribution in [2.24, 2.45) is 5.73 Å². The lowest BCUT2D eigenvalue weighted by atomic mass is 10.1. The van der Waals surface area contributed by atoms with Crippen LogP contribution in [0.4, 0.5) is 19.1 Å². The number of anilines is 1. The minimum atomic E-state index is -4.35. The SMILES string of the molecule is Cc1nc(-c2ccc(C(F)(F)F)cc2)sc1-c1ccnc(NCCCCCCCN)n1. The maximum atomic E-state index is 12.8. The smallest absolute Gasteiger partial charge is 0.354 e. The number of thiazole rings is 1. The second-order valence-corrected chi connectivity index (χ2v) is 8.26. The van der Waals surface area contributed by atoms with Crippen LogP contribution in [-0.2, 0) is 6.18 Å². The summed E-state index contributed by atoms with van der Waals surface area (Å²) < 4.78 is 38.4. The number of halogens is 3. The lowest BCUT2D eigenvalue weighted by Crippen LogP contribution is -2.05. The van der Waals surface area contributed by atoms with Crippen LogP contribution in [0.5, 0.6) is 0 Å². The molecule has 0 bridgehead atoms. The number of nitrogens with zero attached hydrogens (tertiary/aromatic N) is 3. The molecule has 0 aliphatic heterocycles. The first-order valence-electron chi connectivity index (χ1n) is 10.3. The number of unbranched alkanes of at least 4 members (excludes halogenated alkanes) is 4. The Labute approximate surface area is 184 Å². The highest BCUT2D eigenvalue weighted by Gasteiger charge is 2.30. The Bertz CT molecular complexity index is 970. The number of hydrogen-bond donors (Lipinski definition) is 2. The first-order valence-corrected chi connectivity index (χ1v) is 11.1. The summed E-state index contributed by atoms with van der Waals surface area (Å²) in [5.74, 6) is 0.559. The van der Waals surface area contributed by atoms with Crippen molar-refractivity contribution < 1.29 is 13.2 Å². The van der Waals surface area contributed by atoms with Crippen molar-refractivity contribution in [2.45, 2.75) is 45.2 Å². The third-order valence-corrected chi connectivity index (χ3v) is 6.04. The van der Waals surface area contributed by atoms with Gasteiger partial charge in [0.05, 0.1) is 21.8 Å². The van der Waals surface area contributed by atoms with Crippen LogP contribution in [0.1, 0.15) is 43.4 Å². The quantitative estimate of drug-likeness (QED) is 0.376. The van der Waals surface area contributed by atoms with E-state index in [0.29, 0.717) is 16.5 Å². The predicted molar refractivity (Wildman–Crippen MR) is 119 cm³/mol. The Kier molecular flexibility index (Phi) is 7.97. The fourth-order valence-corrected chi connectivity index (χ4v) is 4.17. The molecule has 9 heteroatoms. The van der Waals surface area contributed by atoms with Gasteiger partial charge in [-0.25, -0.2) is 15.0 Å². The van der Waals surface area contributed by atoms with Crippen LogP contribution >= 0.6 is 11.3 Å². The fourth-order valence-electron chi connectivity index (χ4n) is 3.13. The van der Waals surface area contributed by atoms with Gasteiger partial charge in [0, 0.05) is 18.3 Å². The average molecular weight is 450 g/mol. The molecule has 0 spiro atoms. The summed E-state index contributed by atoms with van der Waals surface area (Å²) in [5.41, 5.74) is 7.00. The molecule has 0 radical (unpaired) electrons. The van der Waals surface area contributed by atoms with E-state index in [1.165, 1.54) is 29.9 Å². The fraction of sp³-hybridized carbons (Fsp3) is 0.409. The molecule has 0 amide bonds. The molecule has 166 valence electrons. The number of hydrogen-bond acceptors (Lipinski definition) is 6. The Balaban J connectivity index is 1.66. The van der Waals surface area contributed by atoms with Crippen LogP contribution in [-0.4, -0.2) is 28.0 Å². The van der Waals surface area contributed by atoms with E-state index >= 15 is 0 Å². The molecule has 0 atom stereocenters. The Morgan fingerprint density at radius 1 is 0.968 bits per heavy atom. The zero-order valence-electron chi connectivity index (χ0n) is 17.4. The van der Waals surface area contributed by atoms with Crippen LogP contribution in [0.2, 0.25) is 0 Å². The van der Waals surface area contributed by atoms with E-state index in [0.717, 1.165) is 67.2 Å². The number of nitrogens with two attached hydrogens (primary N) is 1. The van der Waals surface area contributed by atoms with Crippen molar-refractivity contribution in [2.75, 3.05) is 18.4 Å². The summed E-state index contributed by atoms with van der Waals surface area (Å²) >= 11 is 1.41. The van der Waals surface area contributed by atoms with Gasteiger partial charge in [-0.3, -0.25) is 0 Å². The molecular weight excluding hydrogens is 423 g/mol. The molecule has 31 heavy (non-hydrogen) atoms. The van der Waals surface area contributed by atoms with Crippen LogP contribution in [0.25, 0.3) is 21.1 Å². The summed E-state index contributed by atoms with van der Waals surface area (Å²) in [5, 5.41) is 3.91. The molecule has 2 heterocycles. The summed E-state index contributed by atoms with van der Waals surface area (Å²) in [6.07, 6.45) is 2.93. The highest BCUT2D eigenvalue weighted by atomic mass is 32.1. The van der Waals surface area contributed by atoms with Gasteiger partial charge in [-0.1, -0.05) is 31.4 Å². The van der Waals surface area contributed by atoms with Crippen molar-refractivity contribution in [3.05, 3.63) is 47.8 Å². The second kappa shape index (κ2) is 10.7. The minimum absolute atomic E-state index is 0.559. The summed E-state index contributed by atoms with van der Waals surface area (Å²) in [6.45, 7) is 3.41. The highest BCUT2D eigenvalue weighted by Crippen LogP contribution is 2.36. The summed E-state index contributed by atoms with van der Waals surface area (Å²) in [6, 6.07) is 6.87. The predicted octanol–water partition coefficient (Wildman–Crippen LogP) is 5.92. The lowest BCUT2D eigenvalue weighted by Gasteiger charge is -2.06. The molecule has 3 N–H and O–H groups in total. The number of aryl methyl sites for hydroxylation is 1. The molecule has 1 aromatic carbocycles. The molecule has 3 aromatic rings. The van der Waals surface area contributed by atoms with Gasteiger partial charge >= 0.3 is 6.18 Å². The number of alkyl halides is 3. The van der Waals surface area contributed by atoms with Crippen LogP contribution in [0.15, 0.2) is 36.5 Å². The highest BCUT2D eigenvalue weighted by molar-refractivity contribution is 7.18. The molecule has 0 saturated carbocycles. The summed E-state index contributed by atoms with van der Waals surface area (Å²) in [7, 11) is 0. The van der Waals surface area contributed by atoms with E-state index in [1.54, 1.807) is 6.20 Å². The largest absolute Gasteiger partial charge is 0.416 e. The first kappa shape index (κ1) is 23.1. The van der Waals surface area contributed by atoms with Crippen molar-refractivity contribution >= 4 is 17.3 Å². The molecule has 0 saturated heterocycles. The average Bonchev–Trinajstić information content (AvgIpc) is 3.14. The molecule has 5 nitrogen and oxygen atoms in total. The molecule has 0 unspecified atom stereocenters. The van der Waals surface area contributed by atoms with Crippen LogP contribution in [0.3, 0.4) is 0 Å². The molecule has 3 rings (SSSR count). The third kappa shape index (κ3) is 6.48. The van der Waals surface area contributed by atoms with Gasteiger partial charge in [-0.2, -0.15) is 13.2 Å². The Hall–Kier alpha value is -2.52. The molecular formula is C22H26F3N5S. The van der Waals surface area contributed by atoms with Gasteiger partial charge in [0.25, 0.3) is 0 Å². The van der Waals surface area contributed by atoms with Gasteiger partial charge in [-0.05, 0) is 44.5 Å². The third-order valence-electron chi connectivity index (χ3n) is 4.81. The van der Waals surface area contributed by atoms with Crippen molar-refractivity contribution in [3.63, 3.8) is 0 Å². The zero-order chi connectivity index (χ0) is 22.3. The first-order chi connectivity index (χ1) is 14.9. The van der Waals surface area contributed by atoms with Crippen molar-refractivity contribution in [3.8, 4) is 21.1 Å². The number of aromatic nitrogens is 3. The number of nitrogens with one attached hydrogen (secondary N) is 1. The molecule has 2 aromatic heterocycles. The topological polar surface area (TPSA) is 76.7 Å². The zero-order valence-corrected chi connectivity index (χ0v) is 18.2. The van der Waals surface area contributed by atoms with E-state index in [4.69, 9.17) is 5.73 Å². The monoisotopic (exact) mass is 449 g/mol. The van der Waals surface area contributed by atoms with Gasteiger partial charge in [0.15, 0.2) is 0 Å².